The van der Waals surface area contributed by atoms with Gasteiger partial charge in [-0.05, 0) is 37.3 Å². The summed E-state index contributed by atoms with van der Waals surface area (Å²) in [5.74, 6) is 0.0336. The first-order valence-electron chi connectivity index (χ1n) is 10.7. The van der Waals surface area contributed by atoms with Crippen LogP contribution in [0.4, 0.5) is 0 Å². The lowest BCUT2D eigenvalue weighted by atomic mass is 9.92. The highest BCUT2D eigenvalue weighted by atomic mass is 32.2. The molecule has 4 rings (SSSR count). The number of fused-ring (bicyclic) bond motifs is 1. The van der Waals surface area contributed by atoms with E-state index >= 15 is 0 Å². The van der Waals surface area contributed by atoms with Gasteiger partial charge in [-0.1, -0.05) is 62.4 Å². The topological polar surface area (TPSA) is 49.4 Å². The third-order valence-corrected chi connectivity index (χ3v) is 7.60. The zero-order chi connectivity index (χ0) is 19.3. The van der Waals surface area contributed by atoms with E-state index in [4.69, 9.17) is 0 Å². The van der Waals surface area contributed by atoms with E-state index < -0.39 is 0 Å². The summed E-state index contributed by atoms with van der Waals surface area (Å²) in [5.41, 5.74) is 1.04. The van der Waals surface area contributed by atoms with Crippen LogP contribution in [0.1, 0.15) is 63.4 Å². The molecule has 2 unspecified atom stereocenters. The Morgan fingerprint density at radius 1 is 1.04 bits per heavy atom. The fourth-order valence-electron chi connectivity index (χ4n) is 4.74. The van der Waals surface area contributed by atoms with Crippen molar-refractivity contribution in [1.29, 1.82) is 0 Å². The van der Waals surface area contributed by atoms with Crippen LogP contribution in [-0.2, 0) is 9.59 Å². The van der Waals surface area contributed by atoms with Crippen molar-refractivity contribution in [3.8, 4) is 0 Å². The fourth-order valence-corrected chi connectivity index (χ4v) is 6.21. The number of rotatable bonds is 4. The highest BCUT2D eigenvalue weighted by Crippen LogP contribution is 2.42. The largest absolute Gasteiger partial charge is 0.352 e. The average molecular weight is 399 g/mol. The highest BCUT2D eigenvalue weighted by Gasteiger charge is 2.41. The summed E-state index contributed by atoms with van der Waals surface area (Å²) in [4.78, 5) is 28.6. The molecule has 2 amide bonds. The van der Waals surface area contributed by atoms with E-state index in [0.29, 0.717) is 5.25 Å². The fraction of sp³-hybridized carbons (Fsp3) is 0.565. The predicted octanol–water partition coefficient (Wildman–Crippen LogP) is 4.36. The van der Waals surface area contributed by atoms with Crippen LogP contribution in [0.3, 0.4) is 0 Å². The molecular formula is C23H30N2O2S. The SMILES string of the molecule is O=C(CN1C(=O)/C(=C/c2ccccc2)SC2CCCCC21)NC1CCCCC1. The number of benzene rings is 1. The van der Waals surface area contributed by atoms with Crippen molar-refractivity contribution < 1.29 is 9.59 Å². The van der Waals surface area contributed by atoms with E-state index in [-0.39, 0.29) is 30.4 Å². The molecule has 0 bridgehead atoms. The van der Waals surface area contributed by atoms with Gasteiger partial charge >= 0.3 is 0 Å². The van der Waals surface area contributed by atoms with Crippen LogP contribution in [0, 0.1) is 0 Å². The number of amides is 2. The van der Waals surface area contributed by atoms with E-state index in [9.17, 15) is 9.59 Å². The van der Waals surface area contributed by atoms with Gasteiger partial charge in [-0.25, -0.2) is 0 Å². The number of thioether (sulfide) groups is 1. The Balaban J connectivity index is 1.50. The van der Waals surface area contributed by atoms with Crippen molar-refractivity contribution in [3.63, 3.8) is 0 Å². The molecule has 1 aromatic carbocycles. The van der Waals surface area contributed by atoms with Gasteiger partial charge < -0.3 is 10.2 Å². The Kier molecular flexibility index (Phi) is 6.40. The van der Waals surface area contributed by atoms with Gasteiger partial charge in [0.1, 0.15) is 6.54 Å². The smallest absolute Gasteiger partial charge is 0.261 e. The Bertz CT molecular complexity index is 727. The van der Waals surface area contributed by atoms with E-state index in [1.54, 1.807) is 11.8 Å². The molecule has 3 aliphatic rings. The summed E-state index contributed by atoms with van der Waals surface area (Å²) in [5, 5.41) is 3.59. The van der Waals surface area contributed by atoms with Gasteiger partial charge in [0.25, 0.3) is 5.91 Å². The van der Waals surface area contributed by atoms with Gasteiger partial charge in [0, 0.05) is 17.3 Å². The maximum Gasteiger partial charge on any atom is 0.261 e. The van der Waals surface area contributed by atoms with E-state index in [0.717, 1.165) is 42.6 Å². The first-order chi connectivity index (χ1) is 13.7. The molecule has 1 N–H and O–H groups in total. The van der Waals surface area contributed by atoms with Crippen LogP contribution in [0.2, 0.25) is 0 Å². The van der Waals surface area contributed by atoms with E-state index in [1.165, 1.54) is 25.7 Å². The molecule has 1 heterocycles. The summed E-state index contributed by atoms with van der Waals surface area (Å²) in [6.07, 6.45) is 12.3. The standard InChI is InChI=1S/C23H30N2O2S/c26-22(24-18-11-5-2-6-12-18)16-25-19-13-7-8-14-20(19)28-21(23(25)27)15-17-9-3-1-4-10-17/h1,3-4,9-10,15,18-20H,2,5-8,11-14,16H2,(H,24,26)/b21-15-. The Labute approximate surface area is 172 Å². The van der Waals surface area contributed by atoms with Crippen molar-refractivity contribution in [2.24, 2.45) is 0 Å². The number of hydrogen-bond donors (Lipinski definition) is 1. The Morgan fingerprint density at radius 2 is 1.75 bits per heavy atom. The molecule has 1 aromatic rings. The summed E-state index contributed by atoms with van der Waals surface area (Å²) >= 11 is 1.72. The molecule has 1 saturated heterocycles. The molecule has 150 valence electrons. The minimum atomic E-state index is 0.00975. The zero-order valence-corrected chi connectivity index (χ0v) is 17.3. The normalized spacial score (nSPS) is 27.5. The van der Waals surface area contributed by atoms with Gasteiger partial charge in [0.2, 0.25) is 5.91 Å². The minimum Gasteiger partial charge on any atom is -0.352 e. The highest BCUT2D eigenvalue weighted by molar-refractivity contribution is 8.04. The summed E-state index contributed by atoms with van der Waals surface area (Å²) in [6.45, 7) is 0.198. The summed E-state index contributed by atoms with van der Waals surface area (Å²) < 4.78 is 0. The first-order valence-corrected chi connectivity index (χ1v) is 11.6. The van der Waals surface area contributed by atoms with Gasteiger partial charge in [-0.2, -0.15) is 0 Å². The van der Waals surface area contributed by atoms with Crippen LogP contribution in [0.25, 0.3) is 6.08 Å². The van der Waals surface area contributed by atoms with Crippen molar-refractivity contribution in [1.82, 2.24) is 10.2 Å². The lowest BCUT2D eigenvalue weighted by Gasteiger charge is -2.44. The van der Waals surface area contributed by atoms with E-state index in [1.807, 2.05) is 41.3 Å². The molecule has 0 radical (unpaired) electrons. The number of carbonyl (C=O) groups excluding carboxylic acids is 2. The van der Waals surface area contributed by atoms with Crippen molar-refractivity contribution in [2.75, 3.05) is 6.54 Å². The van der Waals surface area contributed by atoms with Gasteiger partial charge in [-0.3, -0.25) is 9.59 Å². The molecule has 2 aliphatic carbocycles. The molecule has 2 saturated carbocycles. The predicted molar refractivity (Wildman–Crippen MR) is 115 cm³/mol. The maximum absolute atomic E-state index is 13.3. The van der Waals surface area contributed by atoms with Crippen LogP contribution in [0.15, 0.2) is 35.2 Å². The van der Waals surface area contributed by atoms with E-state index in [2.05, 4.69) is 5.32 Å². The Hall–Kier alpha value is -1.75. The number of nitrogens with zero attached hydrogens (tertiary/aromatic N) is 1. The molecule has 0 aromatic heterocycles. The molecule has 5 heteroatoms. The molecular weight excluding hydrogens is 368 g/mol. The third kappa shape index (κ3) is 4.62. The first kappa shape index (κ1) is 19.6. The molecule has 1 aliphatic heterocycles. The molecule has 28 heavy (non-hydrogen) atoms. The lowest BCUT2D eigenvalue weighted by Crippen LogP contribution is -2.55. The van der Waals surface area contributed by atoms with Crippen LogP contribution < -0.4 is 5.32 Å². The second-order valence-electron chi connectivity index (χ2n) is 8.26. The molecule has 4 nitrogen and oxygen atoms in total. The van der Waals surface area contributed by atoms with Crippen molar-refractivity contribution in [2.45, 2.75) is 75.1 Å². The second-order valence-corrected chi connectivity index (χ2v) is 9.54. The van der Waals surface area contributed by atoms with Crippen molar-refractivity contribution >= 4 is 29.7 Å². The zero-order valence-electron chi connectivity index (χ0n) is 16.4. The van der Waals surface area contributed by atoms with Crippen molar-refractivity contribution in [3.05, 3.63) is 40.8 Å². The summed E-state index contributed by atoms with van der Waals surface area (Å²) in [7, 11) is 0. The third-order valence-electron chi connectivity index (χ3n) is 6.20. The Morgan fingerprint density at radius 3 is 2.54 bits per heavy atom. The lowest BCUT2D eigenvalue weighted by molar-refractivity contribution is -0.136. The summed E-state index contributed by atoms with van der Waals surface area (Å²) in [6, 6.07) is 10.5. The monoisotopic (exact) mass is 398 g/mol. The number of nitrogens with one attached hydrogen (secondary N) is 1. The van der Waals surface area contributed by atoms with Gasteiger partial charge in [-0.15, -0.1) is 11.8 Å². The average Bonchev–Trinajstić information content (AvgIpc) is 2.72. The quantitative estimate of drug-likeness (QED) is 0.767. The maximum atomic E-state index is 13.3. The number of hydrogen-bond acceptors (Lipinski definition) is 3. The van der Waals surface area contributed by atoms with Gasteiger partial charge in [0.15, 0.2) is 0 Å². The molecule has 3 fully saturated rings. The second kappa shape index (κ2) is 9.17. The van der Waals surface area contributed by atoms with Crippen LogP contribution >= 0.6 is 11.8 Å². The minimum absolute atomic E-state index is 0.00975. The molecule has 2 atom stereocenters. The molecule has 0 spiro atoms. The number of carbonyl (C=O) groups is 2. The van der Waals surface area contributed by atoms with Gasteiger partial charge in [0.05, 0.1) is 4.91 Å². The van der Waals surface area contributed by atoms with Crippen LogP contribution in [0.5, 0.6) is 0 Å². The van der Waals surface area contributed by atoms with Crippen LogP contribution in [-0.4, -0.2) is 40.6 Å².